The van der Waals surface area contributed by atoms with Gasteiger partial charge >= 0.3 is 0 Å². The van der Waals surface area contributed by atoms with Crippen LogP contribution in [0.1, 0.15) is 25.8 Å². The molecular formula is C14H18FN3O. The number of anilines is 1. The molecule has 19 heavy (non-hydrogen) atoms. The van der Waals surface area contributed by atoms with Crippen LogP contribution < -0.4 is 10.6 Å². The number of nitrogens with zero attached hydrogens (tertiary/aromatic N) is 1. The first kappa shape index (κ1) is 15.0. The van der Waals surface area contributed by atoms with Crippen LogP contribution in [0.15, 0.2) is 18.2 Å². The Labute approximate surface area is 112 Å². The number of halogens is 1. The van der Waals surface area contributed by atoms with E-state index in [1.807, 2.05) is 19.9 Å². The van der Waals surface area contributed by atoms with Crippen molar-refractivity contribution in [1.29, 1.82) is 5.26 Å². The molecule has 0 fully saturated rings. The van der Waals surface area contributed by atoms with Crippen molar-refractivity contribution in [3.8, 4) is 6.07 Å². The maximum atomic E-state index is 13.1. The summed E-state index contributed by atoms with van der Waals surface area (Å²) < 4.78 is 13.1. The summed E-state index contributed by atoms with van der Waals surface area (Å²) in [6.07, 6.45) is 0.311. The summed E-state index contributed by atoms with van der Waals surface area (Å²) in [6.45, 7) is 5.10. The van der Waals surface area contributed by atoms with E-state index in [1.54, 1.807) is 6.07 Å². The van der Waals surface area contributed by atoms with Crippen molar-refractivity contribution >= 4 is 11.6 Å². The number of nitrogens with one attached hydrogen (secondary N) is 2. The van der Waals surface area contributed by atoms with E-state index in [0.717, 1.165) is 0 Å². The Morgan fingerprint density at radius 2 is 2.16 bits per heavy atom. The molecule has 0 saturated heterocycles. The van der Waals surface area contributed by atoms with Gasteiger partial charge in [0.05, 0.1) is 11.6 Å². The van der Waals surface area contributed by atoms with Gasteiger partial charge in [0.2, 0.25) is 5.91 Å². The molecule has 0 heterocycles. The van der Waals surface area contributed by atoms with Gasteiger partial charge in [0.25, 0.3) is 0 Å². The third-order valence-corrected chi connectivity index (χ3v) is 2.42. The largest absolute Gasteiger partial charge is 0.384 e. The van der Waals surface area contributed by atoms with E-state index in [1.165, 1.54) is 12.1 Å². The number of nitriles is 1. The zero-order valence-electron chi connectivity index (χ0n) is 11.2. The molecule has 0 bridgehead atoms. The van der Waals surface area contributed by atoms with E-state index in [9.17, 15) is 9.18 Å². The standard InChI is InChI=1S/C14H18FN3O/c1-10(2)9-18-14(19)3-4-17-13-6-11(8-16)5-12(15)7-13/h5-7,10,17H,3-4,9H2,1-2H3,(H,18,19). The maximum Gasteiger partial charge on any atom is 0.221 e. The van der Waals surface area contributed by atoms with Crippen LogP contribution in [0.2, 0.25) is 0 Å². The number of carbonyl (C=O) groups is 1. The molecule has 5 heteroatoms. The topological polar surface area (TPSA) is 64.9 Å². The molecule has 102 valence electrons. The summed E-state index contributed by atoms with van der Waals surface area (Å²) in [4.78, 5) is 11.5. The van der Waals surface area contributed by atoms with Crippen molar-refractivity contribution < 1.29 is 9.18 Å². The smallest absolute Gasteiger partial charge is 0.221 e. The first-order valence-electron chi connectivity index (χ1n) is 6.22. The van der Waals surface area contributed by atoms with Crippen LogP contribution in [-0.2, 0) is 4.79 Å². The van der Waals surface area contributed by atoms with Crippen LogP contribution in [0, 0.1) is 23.1 Å². The second-order valence-electron chi connectivity index (χ2n) is 4.72. The lowest BCUT2D eigenvalue weighted by Crippen LogP contribution is -2.28. The molecule has 0 atom stereocenters. The lowest BCUT2D eigenvalue weighted by Gasteiger charge is -2.09. The summed E-state index contributed by atoms with van der Waals surface area (Å²) in [5.41, 5.74) is 0.764. The Morgan fingerprint density at radius 3 is 2.79 bits per heavy atom. The van der Waals surface area contributed by atoms with Crippen molar-refractivity contribution in [1.82, 2.24) is 5.32 Å². The fourth-order valence-electron chi connectivity index (χ4n) is 1.48. The number of carbonyl (C=O) groups excluding carboxylic acids is 1. The zero-order valence-corrected chi connectivity index (χ0v) is 11.2. The van der Waals surface area contributed by atoms with Crippen molar-refractivity contribution in [3.63, 3.8) is 0 Å². The predicted molar refractivity (Wildman–Crippen MR) is 72.1 cm³/mol. The zero-order chi connectivity index (χ0) is 14.3. The molecule has 0 unspecified atom stereocenters. The Hall–Kier alpha value is -2.09. The summed E-state index contributed by atoms with van der Waals surface area (Å²) in [7, 11) is 0. The van der Waals surface area contributed by atoms with E-state index in [2.05, 4.69) is 10.6 Å². The normalized spacial score (nSPS) is 10.1. The Bertz CT molecular complexity index is 480. The molecule has 0 aliphatic heterocycles. The van der Waals surface area contributed by atoms with Crippen LogP contribution in [0.25, 0.3) is 0 Å². The van der Waals surface area contributed by atoms with Gasteiger partial charge in [-0.3, -0.25) is 4.79 Å². The van der Waals surface area contributed by atoms with E-state index in [-0.39, 0.29) is 11.5 Å². The molecule has 0 aliphatic carbocycles. The van der Waals surface area contributed by atoms with Crippen molar-refractivity contribution in [2.45, 2.75) is 20.3 Å². The molecule has 4 nitrogen and oxygen atoms in total. The van der Waals surface area contributed by atoms with Gasteiger partial charge < -0.3 is 10.6 Å². The van der Waals surface area contributed by atoms with E-state index < -0.39 is 5.82 Å². The van der Waals surface area contributed by atoms with Crippen LogP contribution >= 0.6 is 0 Å². The van der Waals surface area contributed by atoms with Crippen LogP contribution in [0.4, 0.5) is 10.1 Å². The Balaban J connectivity index is 2.39. The highest BCUT2D eigenvalue weighted by molar-refractivity contribution is 5.76. The van der Waals surface area contributed by atoms with Gasteiger partial charge in [-0.2, -0.15) is 5.26 Å². The highest BCUT2D eigenvalue weighted by Gasteiger charge is 2.03. The Morgan fingerprint density at radius 1 is 1.42 bits per heavy atom. The lowest BCUT2D eigenvalue weighted by atomic mass is 10.2. The monoisotopic (exact) mass is 263 g/mol. The molecular weight excluding hydrogens is 245 g/mol. The second-order valence-corrected chi connectivity index (χ2v) is 4.72. The number of benzene rings is 1. The molecule has 0 aromatic heterocycles. The number of hydrogen-bond acceptors (Lipinski definition) is 3. The fourth-order valence-corrected chi connectivity index (χ4v) is 1.48. The molecule has 0 aliphatic rings. The van der Waals surface area contributed by atoms with Crippen LogP contribution in [0.5, 0.6) is 0 Å². The first-order chi connectivity index (χ1) is 9.01. The molecule has 0 radical (unpaired) electrons. The van der Waals surface area contributed by atoms with Gasteiger partial charge in [-0.15, -0.1) is 0 Å². The SMILES string of the molecule is CC(C)CNC(=O)CCNc1cc(F)cc(C#N)c1. The minimum Gasteiger partial charge on any atom is -0.384 e. The summed E-state index contributed by atoms with van der Waals surface area (Å²) in [5, 5.41) is 14.4. The number of rotatable bonds is 6. The number of amides is 1. The second kappa shape index (κ2) is 7.37. The summed E-state index contributed by atoms with van der Waals surface area (Å²) in [6, 6.07) is 5.90. The van der Waals surface area contributed by atoms with E-state index in [0.29, 0.717) is 31.1 Å². The molecule has 1 aromatic carbocycles. The van der Waals surface area contributed by atoms with Gasteiger partial charge in [0.15, 0.2) is 0 Å². The molecule has 1 amide bonds. The van der Waals surface area contributed by atoms with Crippen LogP contribution in [-0.4, -0.2) is 19.0 Å². The van der Waals surface area contributed by atoms with Crippen molar-refractivity contribution in [3.05, 3.63) is 29.6 Å². The highest BCUT2D eigenvalue weighted by Crippen LogP contribution is 2.13. The molecule has 1 aromatic rings. The molecule has 2 N–H and O–H groups in total. The van der Waals surface area contributed by atoms with E-state index >= 15 is 0 Å². The number of hydrogen-bond donors (Lipinski definition) is 2. The fraction of sp³-hybridized carbons (Fsp3) is 0.429. The van der Waals surface area contributed by atoms with Crippen LogP contribution in [0.3, 0.4) is 0 Å². The minimum atomic E-state index is -0.467. The van der Waals surface area contributed by atoms with Gasteiger partial charge in [-0.25, -0.2) is 4.39 Å². The van der Waals surface area contributed by atoms with E-state index in [4.69, 9.17) is 5.26 Å². The maximum absolute atomic E-state index is 13.1. The molecule has 1 rings (SSSR count). The lowest BCUT2D eigenvalue weighted by molar-refractivity contribution is -0.120. The average Bonchev–Trinajstić information content (AvgIpc) is 2.35. The predicted octanol–water partition coefficient (Wildman–Crippen LogP) is 2.27. The summed E-state index contributed by atoms with van der Waals surface area (Å²) in [5.74, 6) is -0.0952. The van der Waals surface area contributed by atoms with Gasteiger partial charge in [0, 0.05) is 25.2 Å². The minimum absolute atomic E-state index is 0.0434. The Kier molecular flexibility index (Phi) is 5.80. The molecule has 0 saturated carbocycles. The van der Waals surface area contributed by atoms with Crippen molar-refractivity contribution in [2.24, 2.45) is 5.92 Å². The van der Waals surface area contributed by atoms with Gasteiger partial charge in [0.1, 0.15) is 5.82 Å². The van der Waals surface area contributed by atoms with Crippen molar-refractivity contribution in [2.75, 3.05) is 18.4 Å². The van der Waals surface area contributed by atoms with Gasteiger partial charge in [-0.05, 0) is 24.1 Å². The third-order valence-electron chi connectivity index (χ3n) is 2.42. The first-order valence-corrected chi connectivity index (χ1v) is 6.22. The quantitative estimate of drug-likeness (QED) is 0.827. The average molecular weight is 263 g/mol. The highest BCUT2D eigenvalue weighted by atomic mass is 19.1. The summed E-state index contributed by atoms with van der Waals surface area (Å²) >= 11 is 0. The third kappa shape index (κ3) is 5.87. The molecule has 0 spiro atoms. The van der Waals surface area contributed by atoms with Gasteiger partial charge in [-0.1, -0.05) is 13.8 Å².